The fourth-order valence-electron chi connectivity index (χ4n) is 3.66. The van der Waals surface area contributed by atoms with Crippen molar-refractivity contribution in [3.63, 3.8) is 0 Å². The van der Waals surface area contributed by atoms with Crippen molar-refractivity contribution >= 4 is 34.2 Å². The summed E-state index contributed by atoms with van der Waals surface area (Å²) in [6, 6.07) is 13.6. The minimum atomic E-state index is -0.262. The second-order valence-corrected chi connectivity index (χ2v) is 11.0. The zero-order chi connectivity index (χ0) is 28.6. The highest BCUT2D eigenvalue weighted by Crippen LogP contribution is 2.40. The maximum atomic E-state index is 12.1. The summed E-state index contributed by atoms with van der Waals surface area (Å²) in [6.07, 6.45) is 0.738. The van der Waals surface area contributed by atoms with Gasteiger partial charge in [-0.1, -0.05) is 76.3 Å². The number of hydrogen-bond donors (Lipinski definition) is 0. The number of rotatable bonds is 11. The average molecular weight is 547 g/mol. The summed E-state index contributed by atoms with van der Waals surface area (Å²) in [6.45, 7) is 13.8. The molecule has 2 heterocycles. The van der Waals surface area contributed by atoms with Gasteiger partial charge in [-0.3, -0.25) is 9.36 Å². The molecule has 0 aliphatic carbocycles. The number of esters is 1. The summed E-state index contributed by atoms with van der Waals surface area (Å²) in [4.78, 5) is 24.1. The third-order valence-corrected chi connectivity index (χ3v) is 7.66. The van der Waals surface area contributed by atoms with Crippen LogP contribution >= 0.6 is 11.3 Å². The molecule has 3 rings (SSSR count). The van der Waals surface area contributed by atoms with E-state index in [1.807, 2.05) is 62.1 Å². The standard InChI is InChI=1S/C28H34N8O2S/c1-7-19(3)25(37)38-15-14-35(8-2)27-32-24(23(39-27)28(4,5)6)33-34-26-31-21(16-29)22(17-30)36(26)18-20-12-10-9-11-13-20/h9-13,19H,7-8,14-15,18H2,1-6H3. The molecule has 1 unspecified atom stereocenters. The Balaban J connectivity index is 1.93. The quantitative estimate of drug-likeness (QED) is 0.205. The predicted octanol–water partition coefficient (Wildman–Crippen LogP) is 6.26. The first-order chi connectivity index (χ1) is 18.6. The van der Waals surface area contributed by atoms with Gasteiger partial charge >= 0.3 is 5.97 Å². The summed E-state index contributed by atoms with van der Waals surface area (Å²) in [5, 5.41) is 28.8. The van der Waals surface area contributed by atoms with E-state index in [2.05, 4.69) is 42.1 Å². The van der Waals surface area contributed by atoms with E-state index in [0.717, 1.165) is 22.0 Å². The van der Waals surface area contributed by atoms with Crippen LogP contribution in [0.2, 0.25) is 0 Å². The van der Waals surface area contributed by atoms with Gasteiger partial charge in [0.25, 0.3) is 5.95 Å². The molecule has 0 radical (unpaired) electrons. The summed E-state index contributed by atoms with van der Waals surface area (Å²) in [5.74, 6) is 0.281. The van der Waals surface area contributed by atoms with E-state index < -0.39 is 0 Å². The van der Waals surface area contributed by atoms with E-state index in [1.165, 1.54) is 11.3 Å². The first-order valence-electron chi connectivity index (χ1n) is 12.9. The molecule has 0 aliphatic rings. The van der Waals surface area contributed by atoms with E-state index in [-0.39, 0.29) is 41.2 Å². The summed E-state index contributed by atoms with van der Waals surface area (Å²) in [7, 11) is 0. The zero-order valence-electron chi connectivity index (χ0n) is 23.3. The normalized spacial score (nSPS) is 12.2. The van der Waals surface area contributed by atoms with Crippen molar-refractivity contribution in [1.82, 2.24) is 14.5 Å². The fourth-order valence-corrected chi connectivity index (χ4v) is 4.81. The van der Waals surface area contributed by atoms with Crippen molar-refractivity contribution in [3.8, 4) is 12.1 Å². The Morgan fingerprint density at radius 1 is 1.15 bits per heavy atom. The molecule has 39 heavy (non-hydrogen) atoms. The van der Waals surface area contributed by atoms with Crippen molar-refractivity contribution in [1.29, 1.82) is 10.5 Å². The van der Waals surface area contributed by atoms with Crippen LogP contribution in [0.3, 0.4) is 0 Å². The number of carbonyl (C=O) groups is 1. The van der Waals surface area contributed by atoms with Crippen LogP contribution in [0, 0.1) is 28.6 Å². The number of nitrogens with zero attached hydrogens (tertiary/aromatic N) is 8. The number of benzene rings is 1. The lowest BCUT2D eigenvalue weighted by Gasteiger charge is -2.20. The molecule has 204 valence electrons. The molecule has 11 heteroatoms. The number of ether oxygens (including phenoxy) is 1. The number of azo groups is 1. The molecule has 10 nitrogen and oxygen atoms in total. The summed E-state index contributed by atoms with van der Waals surface area (Å²) >= 11 is 1.52. The van der Waals surface area contributed by atoms with E-state index in [0.29, 0.717) is 25.5 Å². The van der Waals surface area contributed by atoms with Crippen molar-refractivity contribution in [3.05, 3.63) is 52.2 Å². The second kappa shape index (κ2) is 13.1. The van der Waals surface area contributed by atoms with E-state index in [1.54, 1.807) is 4.57 Å². The molecular formula is C28H34N8O2S. The molecule has 0 N–H and O–H groups in total. The Labute approximate surface area is 233 Å². The SMILES string of the molecule is CCC(C)C(=O)OCCN(CC)c1nc(N=Nc2nc(C#N)c(C#N)n2Cc2ccccc2)c(C(C)(C)C)s1. The van der Waals surface area contributed by atoms with Gasteiger partial charge in [0.05, 0.1) is 23.9 Å². The van der Waals surface area contributed by atoms with Gasteiger partial charge in [0.15, 0.2) is 22.3 Å². The summed E-state index contributed by atoms with van der Waals surface area (Å²) in [5.41, 5.74) is 0.809. The molecule has 0 amide bonds. The molecule has 0 fully saturated rings. The Hall–Kier alpha value is -4.09. The molecule has 1 atom stereocenters. The molecule has 0 aliphatic heterocycles. The Morgan fingerprint density at radius 3 is 2.46 bits per heavy atom. The van der Waals surface area contributed by atoms with Gasteiger partial charge in [0.2, 0.25) is 0 Å². The van der Waals surface area contributed by atoms with Crippen molar-refractivity contribution in [2.75, 3.05) is 24.6 Å². The van der Waals surface area contributed by atoms with E-state index in [9.17, 15) is 15.3 Å². The van der Waals surface area contributed by atoms with Gasteiger partial charge in [-0.05, 0) is 18.9 Å². The number of thiazole rings is 1. The molecule has 0 bridgehead atoms. The van der Waals surface area contributed by atoms with Crippen LogP contribution in [-0.4, -0.2) is 40.2 Å². The van der Waals surface area contributed by atoms with Crippen molar-refractivity contribution in [2.24, 2.45) is 16.1 Å². The Bertz CT molecular complexity index is 1390. The van der Waals surface area contributed by atoms with Crippen LogP contribution in [0.4, 0.5) is 16.9 Å². The Morgan fingerprint density at radius 2 is 1.87 bits per heavy atom. The highest BCUT2D eigenvalue weighted by molar-refractivity contribution is 7.16. The lowest BCUT2D eigenvalue weighted by molar-refractivity contribution is -0.147. The highest BCUT2D eigenvalue weighted by Gasteiger charge is 2.26. The minimum absolute atomic E-state index is 0.00138. The number of aromatic nitrogens is 3. The molecule has 0 spiro atoms. The largest absolute Gasteiger partial charge is 0.464 e. The van der Waals surface area contributed by atoms with Crippen LogP contribution in [0.25, 0.3) is 0 Å². The van der Waals surface area contributed by atoms with Crippen molar-refractivity contribution < 1.29 is 9.53 Å². The third kappa shape index (κ3) is 7.27. The highest BCUT2D eigenvalue weighted by atomic mass is 32.1. The number of likely N-dealkylation sites (N-methyl/N-ethyl adjacent to an activating group) is 1. The molecule has 0 saturated heterocycles. The van der Waals surface area contributed by atoms with Gasteiger partial charge in [-0.25, -0.2) is 0 Å². The predicted molar refractivity (Wildman–Crippen MR) is 150 cm³/mol. The number of imidazole rings is 1. The first-order valence-corrected chi connectivity index (χ1v) is 13.7. The first kappa shape index (κ1) is 29.5. The van der Waals surface area contributed by atoms with Gasteiger partial charge < -0.3 is 9.64 Å². The molecule has 0 saturated carbocycles. The number of anilines is 1. The lowest BCUT2D eigenvalue weighted by Crippen LogP contribution is -2.28. The third-order valence-electron chi connectivity index (χ3n) is 6.13. The van der Waals surface area contributed by atoms with E-state index in [4.69, 9.17) is 9.72 Å². The monoisotopic (exact) mass is 546 g/mol. The number of hydrogen-bond acceptors (Lipinski definition) is 10. The minimum Gasteiger partial charge on any atom is -0.464 e. The number of nitriles is 2. The van der Waals surface area contributed by atoms with Gasteiger partial charge in [-0.2, -0.15) is 20.5 Å². The number of carbonyl (C=O) groups excluding carboxylic acids is 1. The van der Waals surface area contributed by atoms with Crippen LogP contribution in [-0.2, 0) is 21.5 Å². The van der Waals surface area contributed by atoms with E-state index >= 15 is 0 Å². The van der Waals surface area contributed by atoms with Crippen molar-refractivity contribution in [2.45, 2.75) is 59.9 Å². The molecular weight excluding hydrogens is 512 g/mol. The average Bonchev–Trinajstić information content (AvgIpc) is 3.51. The van der Waals surface area contributed by atoms with Gasteiger partial charge in [0, 0.05) is 12.0 Å². The van der Waals surface area contributed by atoms with Crippen LogP contribution in [0.15, 0.2) is 40.6 Å². The zero-order valence-corrected chi connectivity index (χ0v) is 24.1. The van der Waals surface area contributed by atoms with Crippen LogP contribution in [0.1, 0.15) is 69.8 Å². The molecule has 1 aromatic carbocycles. The summed E-state index contributed by atoms with van der Waals surface area (Å²) < 4.78 is 7.03. The smallest absolute Gasteiger partial charge is 0.308 e. The topological polar surface area (TPSA) is 133 Å². The van der Waals surface area contributed by atoms with Gasteiger partial charge in [-0.15, -0.1) is 10.2 Å². The fraction of sp³-hybridized carbons (Fsp3) is 0.464. The molecule has 3 aromatic rings. The molecule has 2 aromatic heterocycles. The second-order valence-electron chi connectivity index (χ2n) is 10.1. The van der Waals surface area contributed by atoms with Crippen LogP contribution < -0.4 is 4.90 Å². The maximum absolute atomic E-state index is 12.1. The van der Waals surface area contributed by atoms with Crippen LogP contribution in [0.5, 0.6) is 0 Å². The maximum Gasteiger partial charge on any atom is 0.308 e. The lowest BCUT2D eigenvalue weighted by atomic mass is 9.95. The van der Waals surface area contributed by atoms with Gasteiger partial charge in [0.1, 0.15) is 18.7 Å². The Kier molecular flexibility index (Phi) is 9.91.